The first kappa shape index (κ1) is 23.2. The molecule has 3 aromatic heterocycles. The predicted octanol–water partition coefficient (Wildman–Crippen LogP) is 3.57. The molecule has 8 nitrogen and oxygen atoms in total. The molecule has 1 amide bonds. The molecule has 35 heavy (non-hydrogen) atoms. The number of hydrogen-bond donors (Lipinski definition) is 3. The number of carbonyl (C=O) groups excluding carboxylic acids is 1. The van der Waals surface area contributed by atoms with E-state index in [-0.39, 0.29) is 23.9 Å². The average molecular weight is 473 g/mol. The van der Waals surface area contributed by atoms with Crippen molar-refractivity contribution in [3.8, 4) is 11.1 Å². The van der Waals surface area contributed by atoms with Crippen molar-refractivity contribution in [3.63, 3.8) is 0 Å². The van der Waals surface area contributed by atoms with Crippen molar-refractivity contribution in [1.82, 2.24) is 25.5 Å². The second-order valence-electron chi connectivity index (χ2n) is 10.5. The highest BCUT2D eigenvalue weighted by molar-refractivity contribution is 5.84. The summed E-state index contributed by atoms with van der Waals surface area (Å²) in [6.45, 7) is 7.44. The van der Waals surface area contributed by atoms with Crippen molar-refractivity contribution < 1.29 is 4.79 Å². The standard InChI is InChI=1S/C27H32N6O2/c1-16-20-12-19(27(20,2)3)13-21(16)31-25-22(14-23(34)30-15-17-4-8-28-9-5-17)32-33-26(35)24(25)18-6-10-29-11-7-18/h4-11,16,19-21H,12-15H2,1-3H3,(H,30,34)(H2,31,33,35)/t16-,19+,20-,21-/m1/s1. The maximum absolute atomic E-state index is 13.0. The maximum atomic E-state index is 13.0. The molecule has 182 valence electrons. The molecule has 3 aliphatic carbocycles. The first-order chi connectivity index (χ1) is 16.8. The van der Waals surface area contributed by atoms with Crippen molar-refractivity contribution in [1.29, 1.82) is 0 Å². The number of anilines is 1. The van der Waals surface area contributed by atoms with Gasteiger partial charge in [-0.05, 0) is 71.4 Å². The van der Waals surface area contributed by atoms with Crippen LogP contribution < -0.4 is 16.2 Å². The second kappa shape index (κ2) is 9.24. The molecule has 2 bridgehead atoms. The molecule has 3 saturated carbocycles. The summed E-state index contributed by atoms with van der Waals surface area (Å²) in [5.74, 6) is 1.59. The zero-order valence-corrected chi connectivity index (χ0v) is 20.4. The lowest BCUT2D eigenvalue weighted by molar-refractivity contribution is -0.120. The molecular weight excluding hydrogens is 440 g/mol. The molecule has 0 saturated heterocycles. The van der Waals surface area contributed by atoms with Crippen molar-refractivity contribution in [3.05, 3.63) is 70.7 Å². The molecule has 8 heteroatoms. The Kier molecular flexibility index (Phi) is 6.13. The van der Waals surface area contributed by atoms with Crippen molar-refractivity contribution in [2.45, 2.75) is 52.6 Å². The van der Waals surface area contributed by atoms with E-state index in [0.29, 0.717) is 46.7 Å². The summed E-state index contributed by atoms with van der Waals surface area (Å²) in [4.78, 5) is 34.0. The van der Waals surface area contributed by atoms with Crippen LogP contribution in [-0.2, 0) is 17.8 Å². The van der Waals surface area contributed by atoms with Crippen LogP contribution >= 0.6 is 0 Å². The van der Waals surface area contributed by atoms with Gasteiger partial charge in [0.05, 0.1) is 23.4 Å². The number of nitrogens with one attached hydrogen (secondary N) is 3. The number of aromatic amines is 1. The van der Waals surface area contributed by atoms with Gasteiger partial charge in [-0.2, -0.15) is 5.10 Å². The van der Waals surface area contributed by atoms with E-state index >= 15 is 0 Å². The fourth-order valence-electron chi connectivity index (χ4n) is 6.01. The van der Waals surface area contributed by atoms with Crippen LogP contribution in [0.3, 0.4) is 0 Å². The van der Waals surface area contributed by atoms with E-state index in [1.165, 1.54) is 6.42 Å². The third-order valence-electron chi connectivity index (χ3n) is 8.28. The lowest BCUT2D eigenvalue weighted by atomic mass is 9.44. The normalized spacial score (nSPS) is 24.3. The van der Waals surface area contributed by atoms with Crippen LogP contribution in [0.1, 0.15) is 44.9 Å². The van der Waals surface area contributed by atoms with Crippen molar-refractivity contribution in [2.75, 3.05) is 5.32 Å². The zero-order valence-electron chi connectivity index (χ0n) is 20.4. The molecule has 0 unspecified atom stereocenters. The van der Waals surface area contributed by atoms with Crippen LogP contribution in [0.25, 0.3) is 11.1 Å². The van der Waals surface area contributed by atoms with Gasteiger partial charge in [0, 0.05) is 37.4 Å². The molecule has 0 aliphatic heterocycles. The number of rotatable bonds is 7. The number of nitrogens with zero attached hydrogens (tertiary/aromatic N) is 3. The Balaban J connectivity index is 1.44. The summed E-state index contributed by atoms with van der Waals surface area (Å²) in [6.07, 6.45) is 9.10. The van der Waals surface area contributed by atoms with Gasteiger partial charge in [-0.3, -0.25) is 19.6 Å². The summed E-state index contributed by atoms with van der Waals surface area (Å²) < 4.78 is 0. The fourth-order valence-corrected chi connectivity index (χ4v) is 6.01. The molecule has 3 aromatic rings. The van der Waals surface area contributed by atoms with E-state index in [2.05, 4.69) is 51.6 Å². The Labute approximate surface area is 205 Å². The Hall–Kier alpha value is -3.55. The monoisotopic (exact) mass is 472 g/mol. The van der Waals surface area contributed by atoms with Gasteiger partial charge in [-0.1, -0.05) is 20.8 Å². The summed E-state index contributed by atoms with van der Waals surface area (Å²) in [5.41, 5.74) is 3.48. The van der Waals surface area contributed by atoms with Crippen molar-refractivity contribution >= 4 is 11.6 Å². The number of H-pyrrole nitrogens is 1. The number of amides is 1. The van der Waals surface area contributed by atoms with E-state index in [1.807, 2.05) is 24.3 Å². The molecule has 3 N–H and O–H groups in total. The summed E-state index contributed by atoms with van der Waals surface area (Å²) in [7, 11) is 0. The number of pyridine rings is 2. The first-order valence-corrected chi connectivity index (χ1v) is 12.3. The third kappa shape index (κ3) is 4.45. The largest absolute Gasteiger partial charge is 0.380 e. The SMILES string of the molecule is C[C@@H]1[C@H]2C[C@@H](C[C@H]1Nc1c(CC(=O)NCc3ccncc3)n[nH]c(=O)c1-c1ccncc1)C2(C)C. The molecule has 3 fully saturated rings. The Morgan fingerprint density at radius 3 is 2.43 bits per heavy atom. The highest BCUT2D eigenvalue weighted by Gasteiger charge is 2.56. The minimum atomic E-state index is -0.284. The summed E-state index contributed by atoms with van der Waals surface area (Å²) >= 11 is 0. The number of aromatic nitrogens is 4. The lowest BCUT2D eigenvalue weighted by Crippen LogP contribution is -2.58. The van der Waals surface area contributed by atoms with Crippen LogP contribution in [0.5, 0.6) is 0 Å². The van der Waals surface area contributed by atoms with Crippen LogP contribution in [-0.4, -0.2) is 32.1 Å². The van der Waals surface area contributed by atoms with Gasteiger partial charge in [0.2, 0.25) is 5.91 Å². The fraction of sp³-hybridized carbons (Fsp3) is 0.444. The Bertz CT molecular complexity index is 1260. The van der Waals surface area contributed by atoms with Crippen molar-refractivity contribution in [2.24, 2.45) is 23.2 Å². The molecule has 3 aliphatic rings. The predicted molar refractivity (Wildman–Crippen MR) is 134 cm³/mol. The zero-order chi connectivity index (χ0) is 24.6. The number of carbonyl (C=O) groups is 1. The van der Waals surface area contributed by atoms with Gasteiger partial charge in [-0.15, -0.1) is 0 Å². The summed E-state index contributed by atoms with van der Waals surface area (Å²) in [6, 6.07) is 7.57. The van der Waals surface area contributed by atoms with Crippen LogP contribution in [0, 0.1) is 23.2 Å². The quantitative estimate of drug-likeness (QED) is 0.485. The molecule has 3 heterocycles. The second-order valence-corrected chi connectivity index (χ2v) is 10.5. The van der Waals surface area contributed by atoms with Gasteiger partial charge in [0.15, 0.2) is 0 Å². The highest BCUT2D eigenvalue weighted by atomic mass is 16.1. The number of hydrogen-bond acceptors (Lipinski definition) is 6. The van der Waals surface area contributed by atoms with Gasteiger partial charge >= 0.3 is 0 Å². The molecule has 0 radical (unpaired) electrons. The average Bonchev–Trinajstić information content (AvgIpc) is 2.86. The van der Waals surface area contributed by atoms with Crippen LogP contribution in [0.4, 0.5) is 5.69 Å². The lowest BCUT2D eigenvalue weighted by Gasteiger charge is -2.62. The van der Waals surface area contributed by atoms with Gasteiger partial charge in [-0.25, -0.2) is 5.10 Å². The van der Waals surface area contributed by atoms with E-state index in [1.54, 1.807) is 24.8 Å². The van der Waals surface area contributed by atoms with Gasteiger partial charge in [0.25, 0.3) is 5.56 Å². The molecule has 6 rings (SSSR count). The molecular formula is C27H32N6O2. The molecule has 0 spiro atoms. The van der Waals surface area contributed by atoms with E-state index in [4.69, 9.17) is 0 Å². The third-order valence-corrected chi connectivity index (χ3v) is 8.28. The van der Waals surface area contributed by atoms with E-state index < -0.39 is 0 Å². The maximum Gasteiger partial charge on any atom is 0.274 e. The molecule has 0 aromatic carbocycles. The Morgan fingerprint density at radius 2 is 1.77 bits per heavy atom. The molecule has 4 atom stereocenters. The Morgan fingerprint density at radius 1 is 1.09 bits per heavy atom. The van der Waals surface area contributed by atoms with E-state index in [0.717, 1.165) is 17.5 Å². The smallest absolute Gasteiger partial charge is 0.274 e. The first-order valence-electron chi connectivity index (χ1n) is 12.3. The van der Waals surface area contributed by atoms with Crippen LogP contribution in [0.15, 0.2) is 53.8 Å². The van der Waals surface area contributed by atoms with Crippen LogP contribution in [0.2, 0.25) is 0 Å². The number of fused-ring (bicyclic) bond motifs is 2. The minimum Gasteiger partial charge on any atom is -0.380 e. The summed E-state index contributed by atoms with van der Waals surface area (Å²) in [5, 5.41) is 13.6. The minimum absolute atomic E-state index is 0.0573. The van der Waals surface area contributed by atoms with Gasteiger partial charge in [0.1, 0.15) is 0 Å². The van der Waals surface area contributed by atoms with E-state index in [9.17, 15) is 9.59 Å². The topological polar surface area (TPSA) is 113 Å². The highest BCUT2D eigenvalue weighted by Crippen LogP contribution is 2.61. The van der Waals surface area contributed by atoms with Gasteiger partial charge < -0.3 is 10.6 Å².